The quantitative estimate of drug-likeness (QED) is 0.806. The molecule has 0 fully saturated rings. The molecule has 1 amide bonds. The number of hydrogen-bond donors (Lipinski definition) is 1. The van der Waals surface area contributed by atoms with E-state index >= 15 is 0 Å². The number of nitrogens with zero attached hydrogens (tertiary/aromatic N) is 1. The lowest BCUT2D eigenvalue weighted by molar-refractivity contribution is 0.0950. The van der Waals surface area contributed by atoms with E-state index in [0.717, 1.165) is 17.6 Å². The number of nitrogens with one attached hydrogen (secondary N) is 1. The number of carbonyl (C=O) groups is 1. The van der Waals surface area contributed by atoms with Crippen LogP contribution < -0.4 is 14.4 Å². The van der Waals surface area contributed by atoms with Gasteiger partial charge in [-0.1, -0.05) is 12.1 Å². The van der Waals surface area contributed by atoms with Crippen LogP contribution in [-0.2, 0) is 16.6 Å². The van der Waals surface area contributed by atoms with Gasteiger partial charge in [0, 0.05) is 19.2 Å². The molecule has 6 nitrogen and oxygen atoms in total. The summed E-state index contributed by atoms with van der Waals surface area (Å²) in [5, 5.41) is 2.86. The van der Waals surface area contributed by atoms with Crippen LogP contribution in [0.5, 0.6) is 5.75 Å². The van der Waals surface area contributed by atoms with E-state index in [1.807, 2.05) is 31.2 Å². The Hall–Kier alpha value is -2.54. The smallest absolute Gasteiger partial charge is 0.251 e. The largest absolute Gasteiger partial charge is 0.494 e. The predicted molar refractivity (Wildman–Crippen MR) is 103 cm³/mol. The van der Waals surface area contributed by atoms with Gasteiger partial charge < -0.3 is 10.1 Å². The lowest BCUT2D eigenvalue weighted by Gasteiger charge is -2.19. The molecule has 0 aliphatic rings. The summed E-state index contributed by atoms with van der Waals surface area (Å²) in [5.74, 6) is 0.548. The lowest BCUT2D eigenvalue weighted by atomic mass is 10.1. The molecule has 0 bridgehead atoms. The van der Waals surface area contributed by atoms with Crippen molar-refractivity contribution in [2.75, 3.05) is 24.2 Å². The number of aryl methyl sites for hydroxylation is 1. The fraction of sp³-hybridized carbons (Fsp3) is 0.316. The molecule has 140 valence electrons. The van der Waals surface area contributed by atoms with Crippen LogP contribution in [0, 0.1) is 6.92 Å². The third-order valence-corrected chi connectivity index (χ3v) is 5.15. The van der Waals surface area contributed by atoms with Crippen molar-refractivity contribution in [1.82, 2.24) is 5.32 Å². The van der Waals surface area contributed by atoms with Gasteiger partial charge in [0.15, 0.2) is 0 Å². The Bertz CT molecular complexity index is 894. The molecule has 2 aromatic rings. The molecule has 2 rings (SSSR count). The fourth-order valence-electron chi connectivity index (χ4n) is 2.52. The zero-order chi connectivity index (χ0) is 19.3. The minimum absolute atomic E-state index is 0.219. The lowest BCUT2D eigenvalue weighted by Crippen LogP contribution is -2.26. The summed E-state index contributed by atoms with van der Waals surface area (Å²) in [7, 11) is -1.86. The van der Waals surface area contributed by atoms with Gasteiger partial charge >= 0.3 is 0 Å². The van der Waals surface area contributed by atoms with Crippen molar-refractivity contribution in [3.05, 3.63) is 59.2 Å². The van der Waals surface area contributed by atoms with Crippen LogP contribution in [0.1, 0.15) is 28.4 Å². The number of hydrogen-bond acceptors (Lipinski definition) is 4. The third-order valence-electron chi connectivity index (χ3n) is 3.96. The number of sulfonamides is 1. The summed E-state index contributed by atoms with van der Waals surface area (Å²) in [5.41, 5.74) is 2.68. The van der Waals surface area contributed by atoms with Crippen LogP contribution in [0.4, 0.5) is 5.69 Å². The van der Waals surface area contributed by atoms with E-state index in [4.69, 9.17) is 4.74 Å². The summed E-state index contributed by atoms with van der Waals surface area (Å²) in [6.07, 6.45) is 1.14. The fourth-order valence-corrected chi connectivity index (χ4v) is 3.09. The highest BCUT2D eigenvalue weighted by atomic mass is 32.2. The van der Waals surface area contributed by atoms with Gasteiger partial charge in [0.1, 0.15) is 5.75 Å². The van der Waals surface area contributed by atoms with E-state index in [0.29, 0.717) is 30.0 Å². The van der Waals surface area contributed by atoms with E-state index in [9.17, 15) is 13.2 Å². The van der Waals surface area contributed by atoms with Crippen LogP contribution in [0.15, 0.2) is 42.5 Å². The summed E-state index contributed by atoms with van der Waals surface area (Å²) in [6.45, 7) is 4.66. The average Bonchev–Trinajstić information content (AvgIpc) is 2.59. The first-order valence-corrected chi connectivity index (χ1v) is 10.1. The van der Waals surface area contributed by atoms with Crippen molar-refractivity contribution in [1.29, 1.82) is 0 Å². The van der Waals surface area contributed by atoms with Crippen molar-refractivity contribution in [3.8, 4) is 5.75 Å². The van der Waals surface area contributed by atoms with Crippen LogP contribution in [-0.4, -0.2) is 34.2 Å². The van der Waals surface area contributed by atoms with E-state index in [1.54, 1.807) is 25.1 Å². The monoisotopic (exact) mass is 376 g/mol. The van der Waals surface area contributed by atoms with Gasteiger partial charge in [-0.05, 0) is 55.3 Å². The van der Waals surface area contributed by atoms with Crippen LogP contribution in [0.25, 0.3) is 0 Å². The van der Waals surface area contributed by atoms with Gasteiger partial charge in [0.25, 0.3) is 5.91 Å². The van der Waals surface area contributed by atoms with Gasteiger partial charge in [0.05, 0.1) is 18.6 Å². The molecule has 1 N–H and O–H groups in total. The number of rotatable bonds is 7. The molecule has 26 heavy (non-hydrogen) atoms. The normalized spacial score (nSPS) is 11.1. The summed E-state index contributed by atoms with van der Waals surface area (Å²) in [4.78, 5) is 12.4. The number of carbonyl (C=O) groups excluding carboxylic acids is 1. The van der Waals surface area contributed by atoms with Crippen molar-refractivity contribution >= 4 is 21.6 Å². The number of benzene rings is 2. The zero-order valence-electron chi connectivity index (χ0n) is 15.4. The second-order valence-corrected chi connectivity index (χ2v) is 8.01. The maximum absolute atomic E-state index is 12.4. The molecule has 0 aromatic heterocycles. The Balaban J connectivity index is 2.08. The molecule has 0 saturated heterocycles. The van der Waals surface area contributed by atoms with Crippen molar-refractivity contribution in [2.24, 2.45) is 0 Å². The summed E-state index contributed by atoms with van der Waals surface area (Å²) >= 11 is 0. The van der Waals surface area contributed by atoms with Crippen molar-refractivity contribution < 1.29 is 17.9 Å². The topological polar surface area (TPSA) is 75.7 Å². The number of ether oxygens (including phenoxy) is 1. The van der Waals surface area contributed by atoms with Crippen molar-refractivity contribution in [3.63, 3.8) is 0 Å². The highest BCUT2D eigenvalue weighted by Crippen LogP contribution is 2.22. The Labute approximate surface area is 154 Å². The molecule has 0 atom stereocenters. The molecule has 0 heterocycles. The third kappa shape index (κ3) is 4.98. The van der Waals surface area contributed by atoms with Gasteiger partial charge in [-0.15, -0.1) is 0 Å². The van der Waals surface area contributed by atoms with Crippen LogP contribution in [0.3, 0.4) is 0 Å². The second kappa shape index (κ2) is 8.23. The molecule has 7 heteroatoms. The maximum Gasteiger partial charge on any atom is 0.251 e. The highest BCUT2D eigenvalue weighted by Gasteiger charge is 2.15. The first-order valence-electron chi connectivity index (χ1n) is 8.27. The SMILES string of the molecule is CCOc1cccc(CNC(=O)c2ccc(N(C)S(C)(=O)=O)c(C)c2)c1. The van der Waals surface area contributed by atoms with Gasteiger partial charge in [0.2, 0.25) is 10.0 Å². The first-order chi connectivity index (χ1) is 12.2. The number of amides is 1. The Morgan fingerprint density at radius 1 is 1.19 bits per heavy atom. The van der Waals surface area contributed by atoms with E-state index in [-0.39, 0.29) is 5.91 Å². The van der Waals surface area contributed by atoms with Gasteiger partial charge in [-0.25, -0.2) is 8.42 Å². The molecule has 0 unspecified atom stereocenters. The minimum Gasteiger partial charge on any atom is -0.494 e. The second-order valence-electron chi connectivity index (χ2n) is 5.99. The molecule has 0 aliphatic carbocycles. The van der Waals surface area contributed by atoms with Crippen molar-refractivity contribution in [2.45, 2.75) is 20.4 Å². The van der Waals surface area contributed by atoms with Gasteiger partial charge in [-0.3, -0.25) is 9.10 Å². The molecular weight excluding hydrogens is 352 g/mol. The first kappa shape index (κ1) is 19.8. The average molecular weight is 376 g/mol. The number of anilines is 1. The van der Waals surface area contributed by atoms with E-state index < -0.39 is 10.0 Å². The standard InChI is InChI=1S/C19H24N2O4S/c1-5-25-17-8-6-7-15(12-17)13-20-19(22)16-9-10-18(14(2)11-16)21(3)26(4,23)24/h6-12H,5,13H2,1-4H3,(H,20,22). The minimum atomic E-state index is -3.35. The Morgan fingerprint density at radius 3 is 2.54 bits per heavy atom. The maximum atomic E-state index is 12.4. The molecule has 2 aromatic carbocycles. The summed E-state index contributed by atoms with van der Waals surface area (Å²) in [6, 6.07) is 12.5. The van der Waals surface area contributed by atoms with Crippen LogP contribution in [0.2, 0.25) is 0 Å². The van der Waals surface area contributed by atoms with E-state index in [2.05, 4.69) is 5.32 Å². The zero-order valence-corrected chi connectivity index (χ0v) is 16.3. The molecule has 0 radical (unpaired) electrons. The predicted octanol–water partition coefficient (Wildman–Crippen LogP) is 2.72. The molecule has 0 spiro atoms. The van der Waals surface area contributed by atoms with Gasteiger partial charge in [-0.2, -0.15) is 0 Å². The molecule has 0 saturated carbocycles. The molecule has 0 aliphatic heterocycles. The van der Waals surface area contributed by atoms with Crippen LogP contribution >= 0.6 is 0 Å². The van der Waals surface area contributed by atoms with E-state index in [1.165, 1.54) is 11.4 Å². The highest BCUT2D eigenvalue weighted by molar-refractivity contribution is 7.92. The summed E-state index contributed by atoms with van der Waals surface area (Å²) < 4.78 is 30.0. The Kier molecular flexibility index (Phi) is 6.26. The Morgan fingerprint density at radius 2 is 1.92 bits per heavy atom. The molecular formula is C19H24N2O4S.